The van der Waals surface area contributed by atoms with E-state index in [1.807, 2.05) is 13.0 Å². The zero-order chi connectivity index (χ0) is 13.8. The van der Waals surface area contributed by atoms with Gasteiger partial charge in [-0.15, -0.1) is 12.4 Å². The van der Waals surface area contributed by atoms with Crippen LogP contribution in [0, 0.1) is 5.92 Å². The highest BCUT2D eigenvalue weighted by atomic mass is 35.5. The predicted molar refractivity (Wildman–Crippen MR) is 85.0 cm³/mol. The molecule has 0 spiro atoms. The number of ether oxygens (including phenoxy) is 2. The number of halogens is 2. The van der Waals surface area contributed by atoms with Crippen molar-refractivity contribution in [3.8, 4) is 5.75 Å². The third-order valence-corrected chi connectivity index (χ3v) is 3.53. The van der Waals surface area contributed by atoms with Gasteiger partial charge in [-0.05, 0) is 55.4 Å². The van der Waals surface area contributed by atoms with Crippen LogP contribution in [0.3, 0.4) is 0 Å². The zero-order valence-electron chi connectivity index (χ0n) is 12.0. The molecule has 1 atom stereocenters. The number of hydrogen-bond donors (Lipinski definition) is 1. The van der Waals surface area contributed by atoms with Gasteiger partial charge in [-0.1, -0.05) is 11.6 Å². The molecular weight excluding hydrogens is 297 g/mol. The Kier molecular flexibility index (Phi) is 7.10. The Bertz CT molecular complexity index is 434. The summed E-state index contributed by atoms with van der Waals surface area (Å²) in [5, 5.41) is 0.630. The monoisotopic (exact) mass is 319 g/mol. The van der Waals surface area contributed by atoms with Crippen LogP contribution in [0.15, 0.2) is 12.1 Å². The van der Waals surface area contributed by atoms with Gasteiger partial charge in [0.2, 0.25) is 0 Å². The molecule has 114 valence electrons. The van der Waals surface area contributed by atoms with Crippen LogP contribution >= 0.6 is 24.0 Å². The fourth-order valence-corrected chi connectivity index (χ4v) is 2.49. The molecule has 1 fully saturated rings. The maximum atomic E-state index is 6.25. The quantitative estimate of drug-likeness (QED) is 0.835. The van der Waals surface area contributed by atoms with Crippen LogP contribution in [-0.4, -0.2) is 19.8 Å². The van der Waals surface area contributed by atoms with Gasteiger partial charge >= 0.3 is 0 Å². The first-order valence-corrected chi connectivity index (χ1v) is 7.16. The van der Waals surface area contributed by atoms with Gasteiger partial charge in [0.1, 0.15) is 5.75 Å². The summed E-state index contributed by atoms with van der Waals surface area (Å²) >= 11 is 6.25. The predicted octanol–water partition coefficient (Wildman–Crippen LogP) is 3.59. The third-order valence-electron chi connectivity index (χ3n) is 3.25. The summed E-state index contributed by atoms with van der Waals surface area (Å²) in [5.74, 6) is 1.50. The summed E-state index contributed by atoms with van der Waals surface area (Å²) in [6.45, 7) is 3.43. The zero-order valence-corrected chi connectivity index (χ0v) is 13.6. The van der Waals surface area contributed by atoms with Crippen molar-refractivity contribution < 1.29 is 9.47 Å². The van der Waals surface area contributed by atoms with Gasteiger partial charge in [-0.2, -0.15) is 0 Å². The standard InChI is InChI=1S/C15H22ClNO2.ClH/c1-10(17)5-13-6-12(7-14(16)15(13)18-2)9-19-8-11-3-4-11;/h6-7,10-11H,3-5,8-9,17H2,1-2H3;1H. The van der Waals surface area contributed by atoms with Crippen LogP contribution in [0.25, 0.3) is 0 Å². The topological polar surface area (TPSA) is 44.5 Å². The molecule has 5 heteroatoms. The molecule has 20 heavy (non-hydrogen) atoms. The van der Waals surface area contributed by atoms with Crippen molar-refractivity contribution in [2.75, 3.05) is 13.7 Å². The fourth-order valence-electron chi connectivity index (χ4n) is 2.15. The van der Waals surface area contributed by atoms with Crippen molar-refractivity contribution in [1.82, 2.24) is 0 Å². The van der Waals surface area contributed by atoms with Gasteiger partial charge in [0.05, 0.1) is 18.7 Å². The Morgan fingerprint density at radius 1 is 1.40 bits per heavy atom. The first-order chi connectivity index (χ1) is 9.10. The smallest absolute Gasteiger partial charge is 0.140 e. The van der Waals surface area contributed by atoms with Crippen molar-refractivity contribution in [3.63, 3.8) is 0 Å². The van der Waals surface area contributed by atoms with Gasteiger partial charge in [-0.25, -0.2) is 0 Å². The molecule has 1 saturated carbocycles. The lowest BCUT2D eigenvalue weighted by Gasteiger charge is -2.14. The molecule has 3 nitrogen and oxygen atoms in total. The Balaban J connectivity index is 0.00000200. The molecule has 0 amide bonds. The molecule has 2 N–H and O–H groups in total. The van der Waals surface area contributed by atoms with Crippen molar-refractivity contribution in [2.24, 2.45) is 11.7 Å². The van der Waals surface area contributed by atoms with E-state index in [-0.39, 0.29) is 18.4 Å². The minimum Gasteiger partial charge on any atom is -0.495 e. The first kappa shape index (κ1) is 17.6. The largest absolute Gasteiger partial charge is 0.495 e. The van der Waals surface area contributed by atoms with Gasteiger partial charge < -0.3 is 15.2 Å². The molecule has 0 saturated heterocycles. The Morgan fingerprint density at radius 2 is 2.10 bits per heavy atom. The number of nitrogens with two attached hydrogens (primary N) is 1. The van der Waals surface area contributed by atoms with Crippen molar-refractivity contribution in [3.05, 3.63) is 28.3 Å². The maximum absolute atomic E-state index is 6.25. The minimum atomic E-state index is 0. The van der Waals surface area contributed by atoms with Crippen LogP contribution in [0.2, 0.25) is 5.02 Å². The SMILES string of the molecule is COc1c(Cl)cc(COCC2CC2)cc1CC(C)N.Cl. The summed E-state index contributed by atoms with van der Waals surface area (Å²) in [6.07, 6.45) is 3.36. The Hall–Kier alpha value is -0.480. The highest BCUT2D eigenvalue weighted by Crippen LogP contribution is 2.32. The average molecular weight is 320 g/mol. The lowest BCUT2D eigenvalue weighted by atomic mass is 10.0. The molecule has 1 aliphatic carbocycles. The molecule has 0 heterocycles. The van der Waals surface area contributed by atoms with Crippen molar-refractivity contribution in [1.29, 1.82) is 0 Å². The first-order valence-electron chi connectivity index (χ1n) is 6.78. The van der Waals surface area contributed by atoms with E-state index in [0.717, 1.165) is 35.8 Å². The van der Waals surface area contributed by atoms with Gasteiger partial charge in [0.25, 0.3) is 0 Å². The molecule has 0 bridgehead atoms. The van der Waals surface area contributed by atoms with E-state index in [4.69, 9.17) is 26.8 Å². The number of rotatable bonds is 7. The minimum absolute atomic E-state index is 0. The van der Waals surface area contributed by atoms with Gasteiger partial charge in [0, 0.05) is 12.6 Å². The summed E-state index contributed by atoms with van der Waals surface area (Å²) in [7, 11) is 1.63. The van der Waals surface area contributed by atoms with E-state index < -0.39 is 0 Å². The third kappa shape index (κ3) is 5.13. The molecule has 0 aromatic heterocycles. The molecular formula is C15H23Cl2NO2. The van der Waals surface area contributed by atoms with E-state index in [9.17, 15) is 0 Å². The van der Waals surface area contributed by atoms with Crippen LogP contribution in [-0.2, 0) is 17.8 Å². The molecule has 1 unspecified atom stereocenters. The van der Waals surface area contributed by atoms with E-state index in [1.165, 1.54) is 12.8 Å². The van der Waals surface area contributed by atoms with E-state index >= 15 is 0 Å². The molecule has 1 aromatic carbocycles. The van der Waals surface area contributed by atoms with Crippen LogP contribution < -0.4 is 10.5 Å². The highest BCUT2D eigenvalue weighted by Gasteiger charge is 2.21. The number of hydrogen-bond acceptors (Lipinski definition) is 3. The molecule has 2 rings (SSSR count). The highest BCUT2D eigenvalue weighted by molar-refractivity contribution is 6.32. The molecule has 0 aliphatic heterocycles. The van der Waals surface area contributed by atoms with E-state index in [2.05, 4.69) is 6.07 Å². The average Bonchev–Trinajstić information content (AvgIpc) is 3.12. The Morgan fingerprint density at radius 3 is 2.65 bits per heavy atom. The lowest BCUT2D eigenvalue weighted by Crippen LogP contribution is -2.18. The summed E-state index contributed by atoms with van der Waals surface area (Å²) < 4.78 is 11.1. The lowest BCUT2D eigenvalue weighted by molar-refractivity contribution is 0.111. The molecule has 0 radical (unpaired) electrons. The molecule has 1 aliphatic rings. The summed E-state index contributed by atoms with van der Waals surface area (Å²) in [5.41, 5.74) is 8.00. The maximum Gasteiger partial charge on any atom is 0.140 e. The fraction of sp³-hybridized carbons (Fsp3) is 0.600. The van der Waals surface area contributed by atoms with Crippen LogP contribution in [0.1, 0.15) is 30.9 Å². The summed E-state index contributed by atoms with van der Waals surface area (Å²) in [6, 6.07) is 4.08. The van der Waals surface area contributed by atoms with Gasteiger partial charge in [-0.3, -0.25) is 0 Å². The second-order valence-corrected chi connectivity index (χ2v) is 5.82. The van der Waals surface area contributed by atoms with Gasteiger partial charge in [0.15, 0.2) is 0 Å². The van der Waals surface area contributed by atoms with E-state index in [1.54, 1.807) is 7.11 Å². The second-order valence-electron chi connectivity index (χ2n) is 5.41. The van der Waals surface area contributed by atoms with Crippen LogP contribution in [0.4, 0.5) is 0 Å². The van der Waals surface area contributed by atoms with Crippen molar-refractivity contribution in [2.45, 2.75) is 38.8 Å². The molecule has 1 aromatic rings. The second kappa shape index (κ2) is 8.08. The normalized spacial score (nSPS) is 15.6. The van der Waals surface area contributed by atoms with Crippen LogP contribution in [0.5, 0.6) is 5.75 Å². The van der Waals surface area contributed by atoms with E-state index in [0.29, 0.717) is 11.6 Å². The summed E-state index contributed by atoms with van der Waals surface area (Å²) in [4.78, 5) is 0. The van der Waals surface area contributed by atoms with Crippen molar-refractivity contribution >= 4 is 24.0 Å². The number of benzene rings is 1. The Labute approximate surface area is 132 Å². The number of methoxy groups -OCH3 is 1.